The summed E-state index contributed by atoms with van der Waals surface area (Å²) in [5.41, 5.74) is 0. The van der Waals surface area contributed by atoms with Crippen molar-refractivity contribution >= 4 is 30.7 Å². The summed E-state index contributed by atoms with van der Waals surface area (Å²) in [6.45, 7) is 2.87. The molecule has 4 nitrogen and oxygen atoms in total. The molecule has 2 heterocycles. The first-order valence-electron chi connectivity index (χ1n) is 6.87. The highest BCUT2D eigenvalue weighted by molar-refractivity contribution is 5.85. The summed E-state index contributed by atoms with van der Waals surface area (Å²) in [7, 11) is 4.26. The summed E-state index contributed by atoms with van der Waals surface area (Å²) in [5, 5.41) is 3.35. The highest BCUT2D eigenvalue weighted by Crippen LogP contribution is 2.17. The van der Waals surface area contributed by atoms with E-state index in [2.05, 4.69) is 29.2 Å². The third-order valence-corrected chi connectivity index (χ3v) is 4.11. The molecule has 2 aliphatic heterocycles. The second kappa shape index (κ2) is 9.01. The predicted molar refractivity (Wildman–Crippen MR) is 83.4 cm³/mol. The molecule has 1 atom stereocenters. The predicted octanol–water partition coefficient (Wildman–Crippen LogP) is 1.52. The van der Waals surface area contributed by atoms with Crippen LogP contribution in [-0.2, 0) is 4.79 Å². The smallest absolute Gasteiger partial charge is 0.239 e. The zero-order chi connectivity index (χ0) is 12.3. The van der Waals surface area contributed by atoms with Crippen LogP contribution in [0.5, 0.6) is 0 Å². The highest BCUT2D eigenvalue weighted by Gasteiger charge is 2.29. The van der Waals surface area contributed by atoms with E-state index < -0.39 is 0 Å². The Morgan fingerprint density at radius 3 is 2.21 bits per heavy atom. The van der Waals surface area contributed by atoms with Crippen molar-refractivity contribution in [2.75, 3.05) is 33.7 Å². The molecule has 2 aliphatic rings. The largest absolute Gasteiger partial charge is 0.341 e. The quantitative estimate of drug-likeness (QED) is 0.840. The molecule has 0 aromatic rings. The Kier molecular flexibility index (Phi) is 8.99. The Labute approximate surface area is 129 Å². The van der Waals surface area contributed by atoms with Crippen molar-refractivity contribution in [1.29, 1.82) is 0 Å². The van der Waals surface area contributed by atoms with Crippen molar-refractivity contribution in [2.24, 2.45) is 0 Å². The van der Waals surface area contributed by atoms with Crippen LogP contribution in [0.25, 0.3) is 0 Å². The first kappa shape index (κ1) is 19.0. The molecule has 0 aromatic heterocycles. The molecule has 0 bridgehead atoms. The molecule has 19 heavy (non-hydrogen) atoms. The monoisotopic (exact) mass is 311 g/mol. The zero-order valence-electron chi connectivity index (χ0n) is 11.9. The van der Waals surface area contributed by atoms with Gasteiger partial charge in [0.15, 0.2) is 0 Å². The van der Waals surface area contributed by atoms with Crippen LogP contribution in [0.4, 0.5) is 0 Å². The Bertz CT molecular complexity index is 263. The SMILES string of the molecule is CN(C)C1CCN(C(=O)[C@@H]2CCCCN2)CC1.Cl.Cl. The molecule has 0 aliphatic carbocycles. The van der Waals surface area contributed by atoms with Crippen molar-refractivity contribution in [1.82, 2.24) is 15.1 Å². The van der Waals surface area contributed by atoms with Gasteiger partial charge in [0, 0.05) is 19.1 Å². The number of carbonyl (C=O) groups excluding carboxylic acids is 1. The van der Waals surface area contributed by atoms with Crippen molar-refractivity contribution in [2.45, 2.75) is 44.2 Å². The van der Waals surface area contributed by atoms with E-state index in [0.29, 0.717) is 11.9 Å². The molecule has 0 radical (unpaired) electrons. The van der Waals surface area contributed by atoms with Gasteiger partial charge in [-0.05, 0) is 46.3 Å². The van der Waals surface area contributed by atoms with Gasteiger partial charge in [0.25, 0.3) is 0 Å². The van der Waals surface area contributed by atoms with Gasteiger partial charge in [-0.3, -0.25) is 4.79 Å². The maximum Gasteiger partial charge on any atom is 0.239 e. The molecule has 2 saturated heterocycles. The summed E-state index contributed by atoms with van der Waals surface area (Å²) in [6.07, 6.45) is 5.66. The number of hydrogen-bond acceptors (Lipinski definition) is 3. The molecular formula is C13H27Cl2N3O. The van der Waals surface area contributed by atoms with Gasteiger partial charge in [0.1, 0.15) is 0 Å². The number of nitrogens with zero attached hydrogens (tertiary/aromatic N) is 2. The fraction of sp³-hybridized carbons (Fsp3) is 0.923. The summed E-state index contributed by atoms with van der Waals surface area (Å²) in [6, 6.07) is 0.748. The Hall–Kier alpha value is -0.0300. The van der Waals surface area contributed by atoms with Gasteiger partial charge in [-0.2, -0.15) is 0 Å². The standard InChI is InChI=1S/C13H25N3O.2ClH/c1-15(2)11-6-9-16(10-7-11)13(17)12-5-3-4-8-14-12;;/h11-12,14H,3-10H2,1-2H3;2*1H/t12-;;/m0../s1. The van der Waals surface area contributed by atoms with Crippen LogP contribution in [0, 0.1) is 0 Å². The van der Waals surface area contributed by atoms with E-state index in [9.17, 15) is 4.79 Å². The maximum absolute atomic E-state index is 12.3. The number of nitrogens with one attached hydrogen (secondary N) is 1. The van der Waals surface area contributed by atoms with E-state index in [0.717, 1.165) is 38.9 Å². The molecule has 1 N–H and O–H groups in total. The lowest BCUT2D eigenvalue weighted by molar-refractivity contribution is -0.135. The average molecular weight is 312 g/mol. The van der Waals surface area contributed by atoms with Crippen molar-refractivity contribution in [3.05, 3.63) is 0 Å². The minimum Gasteiger partial charge on any atom is -0.341 e. The summed E-state index contributed by atoms with van der Waals surface area (Å²) in [4.78, 5) is 16.6. The van der Waals surface area contributed by atoms with E-state index in [1.165, 1.54) is 12.8 Å². The Morgan fingerprint density at radius 2 is 1.74 bits per heavy atom. The molecule has 0 saturated carbocycles. The van der Waals surface area contributed by atoms with Crippen LogP contribution in [0.15, 0.2) is 0 Å². The summed E-state index contributed by atoms with van der Waals surface area (Å²) >= 11 is 0. The number of amides is 1. The second-order valence-electron chi connectivity index (χ2n) is 5.52. The lowest BCUT2D eigenvalue weighted by atomic mass is 10.00. The van der Waals surface area contributed by atoms with Crippen LogP contribution in [-0.4, -0.2) is 61.5 Å². The van der Waals surface area contributed by atoms with Crippen LogP contribution >= 0.6 is 24.8 Å². The number of likely N-dealkylation sites (tertiary alicyclic amines) is 1. The zero-order valence-corrected chi connectivity index (χ0v) is 13.6. The lowest BCUT2D eigenvalue weighted by Gasteiger charge is -2.37. The third-order valence-electron chi connectivity index (χ3n) is 4.11. The number of hydrogen-bond donors (Lipinski definition) is 1. The minimum atomic E-state index is 0. The molecule has 2 rings (SSSR count). The second-order valence-corrected chi connectivity index (χ2v) is 5.52. The van der Waals surface area contributed by atoms with Crippen molar-refractivity contribution in [3.63, 3.8) is 0 Å². The maximum atomic E-state index is 12.3. The van der Waals surface area contributed by atoms with Crippen LogP contribution in [0.2, 0.25) is 0 Å². The van der Waals surface area contributed by atoms with Gasteiger partial charge in [-0.1, -0.05) is 6.42 Å². The van der Waals surface area contributed by atoms with Crippen LogP contribution in [0.3, 0.4) is 0 Å². The Balaban J connectivity index is 0.00000162. The topological polar surface area (TPSA) is 35.6 Å². The van der Waals surface area contributed by atoms with Gasteiger partial charge in [-0.15, -0.1) is 24.8 Å². The highest BCUT2D eigenvalue weighted by atomic mass is 35.5. The first-order valence-corrected chi connectivity index (χ1v) is 6.87. The van der Waals surface area contributed by atoms with Gasteiger partial charge >= 0.3 is 0 Å². The molecule has 6 heteroatoms. The van der Waals surface area contributed by atoms with E-state index in [1.54, 1.807) is 0 Å². The van der Waals surface area contributed by atoms with Crippen molar-refractivity contribution in [3.8, 4) is 0 Å². The van der Waals surface area contributed by atoms with E-state index in [4.69, 9.17) is 0 Å². The lowest BCUT2D eigenvalue weighted by Crippen LogP contribution is -2.52. The summed E-state index contributed by atoms with van der Waals surface area (Å²) in [5.74, 6) is 0.335. The number of piperidine rings is 2. The fourth-order valence-corrected chi connectivity index (χ4v) is 2.89. The minimum absolute atomic E-state index is 0. The fourth-order valence-electron chi connectivity index (χ4n) is 2.89. The van der Waals surface area contributed by atoms with E-state index >= 15 is 0 Å². The van der Waals surface area contributed by atoms with Crippen LogP contribution in [0.1, 0.15) is 32.1 Å². The van der Waals surface area contributed by atoms with Gasteiger partial charge < -0.3 is 15.1 Å². The number of halogens is 2. The third kappa shape index (κ3) is 5.10. The van der Waals surface area contributed by atoms with Gasteiger partial charge in [-0.25, -0.2) is 0 Å². The number of rotatable bonds is 2. The number of carbonyl (C=O) groups is 1. The molecule has 114 valence electrons. The first-order chi connectivity index (χ1) is 8.18. The van der Waals surface area contributed by atoms with Crippen molar-refractivity contribution < 1.29 is 4.79 Å². The summed E-state index contributed by atoms with van der Waals surface area (Å²) < 4.78 is 0. The van der Waals surface area contributed by atoms with Crippen LogP contribution < -0.4 is 5.32 Å². The van der Waals surface area contributed by atoms with E-state index in [-0.39, 0.29) is 30.9 Å². The molecule has 2 fully saturated rings. The molecule has 1 amide bonds. The van der Waals surface area contributed by atoms with Gasteiger partial charge in [0.2, 0.25) is 5.91 Å². The average Bonchev–Trinajstić information content (AvgIpc) is 2.39. The van der Waals surface area contributed by atoms with Gasteiger partial charge in [0.05, 0.1) is 6.04 Å². The normalized spacial score (nSPS) is 24.6. The molecule has 0 unspecified atom stereocenters. The molecule has 0 spiro atoms. The Morgan fingerprint density at radius 1 is 1.11 bits per heavy atom. The molecule has 0 aromatic carbocycles. The van der Waals surface area contributed by atoms with E-state index in [1.807, 2.05) is 0 Å². The molecular weight excluding hydrogens is 285 g/mol.